The number of anilines is 1. The summed E-state index contributed by atoms with van der Waals surface area (Å²) in [5.74, 6) is 1.96. The molecule has 1 aliphatic rings. The van der Waals surface area contributed by atoms with Gasteiger partial charge in [-0.2, -0.15) is 9.61 Å². The number of hydrogen-bond donors (Lipinski definition) is 0. The van der Waals surface area contributed by atoms with Gasteiger partial charge < -0.3 is 9.64 Å². The number of hydrogen-bond acceptors (Lipinski definition) is 5. The van der Waals surface area contributed by atoms with Gasteiger partial charge in [0.15, 0.2) is 5.65 Å². The minimum atomic E-state index is 0.242. The first-order valence-electron chi connectivity index (χ1n) is 7.92. The highest BCUT2D eigenvalue weighted by atomic mass is 16.5. The van der Waals surface area contributed by atoms with Crippen molar-refractivity contribution < 1.29 is 4.74 Å². The lowest BCUT2D eigenvalue weighted by Crippen LogP contribution is -2.39. The molecule has 23 heavy (non-hydrogen) atoms. The lowest BCUT2D eigenvalue weighted by Gasteiger charge is -2.33. The van der Waals surface area contributed by atoms with Crippen LogP contribution in [0.25, 0.3) is 5.65 Å². The Balaban J connectivity index is 1.47. The first-order chi connectivity index (χ1) is 11.3. The Morgan fingerprint density at radius 1 is 1.17 bits per heavy atom. The molecular weight excluding hydrogens is 290 g/mol. The molecular formula is C17H19N5O. The van der Waals surface area contributed by atoms with Crippen LogP contribution in [-0.2, 0) is 0 Å². The fourth-order valence-electron chi connectivity index (χ4n) is 3.06. The van der Waals surface area contributed by atoms with Crippen LogP contribution in [0.15, 0.2) is 42.9 Å². The molecule has 0 aromatic carbocycles. The van der Waals surface area contributed by atoms with Crippen LogP contribution in [0.1, 0.15) is 18.5 Å². The van der Waals surface area contributed by atoms with Gasteiger partial charge in [0.05, 0.1) is 12.4 Å². The molecule has 6 heteroatoms. The Labute approximate surface area is 134 Å². The van der Waals surface area contributed by atoms with Crippen molar-refractivity contribution in [3.05, 3.63) is 48.5 Å². The molecule has 0 saturated carbocycles. The fraction of sp³-hybridized carbons (Fsp3) is 0.353. The summed E-state index contributed by atoms with van der Waals surface area (Å²) in [5.41, 5.74) is 1.91. The van der Waals surface area contributed by atoms with E-state index in [-0.39, 0.29) is 6.10 Å². The van der Waals surface area contributed by atoms with Crippen molar-refractivity contribution >= 4 is 11.5 Å². The predicted octanol–water partition coefficient (Wildman–Crippen LogP) is 2.48. The summed E-state index contributed by atoms with van der Waals surface area (Å²) < 4.78 is 7.92. The third-order valence-electron chi connectivity index (χ3n) is 4.17. The maximum absolute atomic E-state index is 6.01. The fourth-order valence-corrected chi connectivity index (χ4v) is 3.06. The molecule has 0 unspecified atom stereocenters. The lowest BCUT2D eigenvalue weighted by molar-refractivity contribution is 0.170. The number of aryl methyl sites for hydroxylation is 1. The molecule has 4 rings (SSSR count). The molecule has 0 N–H and O–H groups in total. The van der Waals surface area contributed by atoms with Crippen LogP contribution in [0, 0.1) is 6.92 Å². The molecule has 0 amide bonds. The molecule has 1 fully saturated rings. The van der Waals surface area contributed by atoms with Crippen molar-refractivity contribution in [2.75, 3.05) is 18.0 Å². The number of nitrogens with zero attached hydrogens (tertiary/aromatic N) is 5. The third kappa shape index (κ3) is 2.84. The Morgan fingerprint density at radius 3 is 2.83 bits per heavy atom. The Hall–Kier alpha value is -2.63. The molecule has 0 spiro atoms. The van der Waals surface area contributed by atoms with Gasteiger partial charge in [-0.15, -0.1) is 0 Å². The van der Waals surface area contributed by atoms with Gasteiger partial charge in [0.2, 0.25) is 0 Å². The average Bonchev–Trinajstić information content (AvgIpc) is 3.04. The summed E-state index contributed by atoms with van der Waals surface area (Å²) in [4.78, 5) is 11.0. The van der Waals surface area contributed by atoms with E-state index < -0.39 is 0 Å². The van der Waals surface area contributed by atoms with Crippen LogP contribution in [0.5, 0.6) is 5.75 Å². The third-order valence-corrected chi connectivity index (χ3v) is 4.17. The van der Waals surface area contributed by atoms with E-state index in [1.807, 2.05) is 29.6 Å². The van der Waals surface area contributed by atoms with Gasteiger partial charge >= 0.3 is 0 Å². The molecule has 3 aromatic rings. The standard InChI is InChI=1S/C17H19N5O/c1-13-11-17(22-16(20-13)4-8-19-22)21-9-5-14(6-10-21)23-15-3-2-7-18-12-15/h2-4,7-8,11-12,14H,5-6,9-10H2,1H3. The van der Waals surface area contributed by atoms with Crippen molar-refractivity contribution in [3.8, 4) is 5.75 Å². The topological polar surface area (TPSA) is 55.5 Å². The molecule has 3 aromatic heterocycles. The summed E-state index contributed by atoms with van der Waals surface area (Å²) in [6, 6.07) is 7.90. The van der Waals surface area contributed by atoms with Crippen LogP contribution in [0.4, 0.5) is 5.82 Å². The predicted molar refractivity (Wildman–Crippen MR) is 87.8 cm³/mol. The Bertz CT molecular complexity index is 793. The number of pyridine rings is 1. The van der Waals surface area contributed by atoms with Crippen LogP contribution < -0.4 is 9.64 Å². The van der Waals surface area contributed by atoms with Crippen molar-refractivity contribution in [1.29, 1.82) is 0 Å². The Kier molecular flexibility index (Phi) is 3.57. The maximum Gasteiger partial charge on any atom is 0.157 e. The second-order valence-electron chi connectivity index (χ2n) is 5.85. The number of piperidine rings is 1. The number of rotatable bonds is 3. The van der Waals surface area contributed by atoms with Crippen molar-refractivity contribution in [3.63, 3.8) is 0 Å². The van der Waals surface area contributed by atoms with Gasteiger partial charge in [-0.1, -0.05) is 0 Å². The average molecular weight is 309 g/mol. The molecule has 0 bridgehead atoms. The highest BCUT2D eigenvalue weighted by molar-refractivity contribution is 5.50. The van der Waals surface area contributed by atoms with E-state index in [1.54, 1.807) is 18.6 Å². The molecule has 4 heterocycles. The van der Waals surface area contributed by atoms with Crippen LogP contribution in [0.2, 0.25) is 0 Å². The van der Waals surface area contributed by atoms with Gasteiger partial charge in [0.25, 0.3) is 0 Å². The smallest absolute Gasteiger partial charge is 0.157 e. The minimum absolute atomic E-state index is 0.242. The summed E-state index contributed by atoms with van der Waals surface area (Å²) in [6.07, 6.45) is 7.54. The van der Waals surface area contributed by atoms with Gasteiger partial charge in [-0.25, -0.2) is 4.98 Å². The summed E-state index contributed by atoms with van der Waals surface area (Å²) in [6.45, 7) is 3.92. The van der Waals surface area contributed by atoms with E-state index >= 15 is 0 Å². The van der Waals surface area contributed by atoms with Gasteiger partial charge in [-0.05, 0) is 19.1 Å². The second-order valence-corrected chi connectivity index (χ2v) is 5.85. The van der Waals surface area contributed by atoms with E-state index in [2.05, 4.69) is 26.0 Å². The number of ether oxygens (including phenoxy) is 1. The normalized spacial score (nSPS) is 16.0. The summed E-state index contributed by atoms with van der Waals surface area (Å²) in [5, 5.41) is 4.39. The van der Waals surface area contributed by atoms with Crippen LogP contribution in [-0.4, -0.2) is 38.8 Å². The van der Waals surface area contributed by atoms with E-state index in [0.29, 0.717) is 0 Å². The molecule has 0 radical (unpaired) electrons. The molecule has 118 valence electrons. The summed E-state index contributed by atoms with van der Waals surface area (Å²) in [7, 11) is 0. The van der Waals surface area contributed by atoms with Gasteiger partial charge in [-0.3, -0.25) is 4.98 Å². The first-order valence-corrected chi connectivity index (χ1v) is 7.92. The van der Waals surface area contributed by atoms with Crippen molar-refractivity contribution in [2.45, 2.75) is 25.9 Å². The zero-order valence-corrected chi connectivity index (χ0v) is 13.1. The Morgan fingerprint density at radius 2 is 2.04 bits per heavy atom. The first kappa shape index (κ1) is 14.0. The van der Waals surface area contributed by atoms with Crippen LogP contribution in [0.3, 0.4) is 0 Å². The highest BCUT2D eigenvalue weighted by Gasteiger charge is 2.22. The van der Waals surface area contributed by atoms with E-state index in [1.165, 1.54) is 0 Å². The largest absolute Gasteiger partial charge is 0.489 e. The van der Waals surface area contributed by atoms with E-state index in [0.717, 1.165) is 48.8 Å². The van der Waals surface area contributed by atoms with Crippen molar-refractivity contribution in [1.82, 2.24) is 19.6 Å². The molecule has 1 saturated heterocycles. The molecule has 0 aliphatic carbocycles. The maximum atomic E-state index is 6.01. The number of aromatic nitrogens is 4. The van der Waals surface area contributed by atoms with Crippen molar-refractivity contribution in [2.24, 2.45) is 0 Å². The van der Waals surface area contributed by atoms with Crippen LogP contribution >= 0.6 is 0 Å². The minimum Gasteiger partial charge on any atom is -0.489 e. The summed E-state index contributed by atoms with van der Waals surface area (Å²) >= 11 is 0. The van der Waals surface area contributed by atoms with Gasteiger partial charge in [0.1, 0.15) is 17.7 Å². The number of fused-ring (bicyclic) bond motifs is 1. The zero-order chi connectivity index (χ0) is 15.6. The lowest BCUT2D eigenvalue weighted by atomic mass is 10.1. The highest BCUT2D eigenvalue weighted by Crippen LogP contribution is 2.23. The zero-order valence-electron chi connectivity index (χ0n) is 13.1. The molecule has 1 aliphatic heterocycles. The second kappa shape index (κ2) is 5.87. The SMILES string of the molecule is Cc1cc(N2CCC(Oc3cccnc3)CC2)n2nccc2n1. The monoisotopic (exact) mass is 309 g/mol. The molecule has 0 atom stereocenters. The van der Waals surface area contributed by atoms with E-state index in [4.69, 9.17) is 4.74 Å². The molecule has 6 nitrogen and oxygen atoms in total. The van der Waals surface area contributed by atoms with E-state index in [9.17, 15) is 0 Å². The van der Waals surface area contributed by atoms with Gasteiger partial charge in [0, 0.05) is 50.0 Å². The quantitative estimate of drug-likeness (QED) is 0.744.